The Balaban J connectivity index is 1.35. The van der Waals surface area contributed by atoms with Crippen molar-refractivity contribution in [3.8, 4) is 0 Å². The number of unbranched alkanes of at least 4 members (excludes halogenated alkanes) is 2. The van der Waals surface area contributed by atoms with Gasteiger partial charge in [0.25, 0.3) is 0 Å². The molecule has 6 heteroatoms. The lowest BCUT2D eigenvalue weighted by molar-refractivity contribution is 0.0206. The zero-order chi connectivity index (χ0) is 21.6. The van der Waals surface area contributed by atoms with E-state index in [2.05, 4.69) is 22.6 Å². The Morgan fingerprint density at radius 3 is 2.93 bits per heavy atom. The van der Waals surface area contributed by atoms with Crippen LogP contribution in [0.15, 0.2) is 31.0 Å². The molecule has 1 atom stereocenters. The molecule has 162 valence electrons. The van der Waals surface area contributed by atoms with E-state index < -0.39 is 5.60 Å². The Morgan fingerprint density at radius 2 is 2.17 bits per heavy atom. The Labute approximate surface area is 179 Å². The number of likely N-dealkylation sites (tertiary alicyclic amines) is 1. The molecular weight excluding hydrogens is 378 g/mol. The van der Waals surface area contributed by atoms with Crippen LogP contribution in [0.4, 0.5) is 4.79 Å². The summed E-state index contributed by atoms with van der Waals surface area (Å²) in [6, 6.07) is 6.06. The van der Waals surface area contributed by atoms with Gasteiger partial charge in [0.1, 0.15) is 5.60 Å². The lowest BCUT2D eigenvalue weighted by Crippen LogP contribution is -2.36. The van der Waals surface area contributed by atoms with E-state index in [-0.39, 0.29) is 12.2 Å². The van der Waals surface area contributed by atoms with Crippen molar-refractivity contribution in [2.45, 2.75) is 64.6 Å². The summed E-state index contributed by atoms with van der Waals surface area (Å²) in [6.45, 7) is 11.6. The summed E-state index contributed by atoms with van der Waals surface area (Å²) in [7, 11) is 0. The van der Waals surface area contributed by atoms with Crippen LogP contribution < -0.4 is 0 Å². The lowest BCUT2D eigenvalue weighted by atomic mass is 10.1. The van der Waals surface area contributed by atoms with Crippen LogP contribution in [-0.4, -0.2) is 52.4 Å². The number of hydrogen-bond donors (Lipinski definition) is 0. The standard InChI is InChI=1S/C24H33N3O3/c1-5-18-16-19(26-22-21(18)11-9-13-25-22)10-7-6-8-15-29-20-12-14-27(17-20)23(28)30-24(2,3)4/h5,9,11,13,16,20H,1,6-8,10,12,14-15,17H2,2-4H3/t20-/m1/s1. The van der Waals surface area contributed by atoms with Gasteiger partial charge in [-0.15, -0.1) is 0 Å². The number of carbonyl (C=O) groups excluding carboxylic acids is 1. The first-order valence-corrected chi connectivity index (χ1v) is 10.8. The Bertz CT molecular complexity index is 876. The minimum absolute atomic E-state index is 0.112. The van der Waals surface area contributed by atoms with Crippen molar-refractivity contribution in [3.63, 3.8) is 0 Å². The fourth-order valence-corrected chi connectivity index (χ4v) is 3.63. The summed E-state index contributed by atoms with van der Waals surface area (Å²) < 4.78 is 11.4. The van der Waals surface area contributed by atoms with Gasteiger partial charge in [0.2, 0.25) is 0 Å². The molecule has 6 nitrogen and oxygen atoms in total. The Morgan fingerprint density at radius 1 is 1.33 bits per heavy atom. The van der Waals surface area contributed by atoms with Crippen LogP contribution in [0.5, 0.6) is 0 Å². The third-order valence-electron chi connectivity index (χ3n) is 5.12. The van der Waals surface area contributed by atoms with Gasteiger partial charge < -0.3 is 14.4 Å². The van der Waals surface area contributed by atoms with E-state index in [4.69, 9.17) is 9.47 Å². The minimum Gasteiger partial charge on any atom is -0.444 e. The molecule has 1 aliphatic rings. The number of hydrogen-bond acceptors (Lipinski definition) is 5. The van der Waals surface area contributed by atoms with Crippen molar-refractivity contribution in [1.82, 2.24) is 14.9 Å². The molecule has 0 saturated carbocycles. The van der Waals surface area contributed by atoms with Gasteiger partial charge in [0.15, 0.2) is 5.65 Å². The number of aryl methyl sites for hydroxylation is 1. The summed E-state index contributed by atoms with van der Waals surface area (Å²) in [5, 5.41) is 1.04. The highest BCUT2D eigenvalue weighted by atomic mass is 16.6. The Hall–Kier alpha value is -2.47. The second-order valence-electron chi connectivity index (χ2n) is 8.80. The highest BCUT2D eigenvalue weighted by Gasteiger charge is 2.30. The van der Waals surface area contributed by atoms with Gasteiger partial charge in [-0.25, -0.2) is 14.8 Å². The van der Waals surface area contributed by atoms with Crippen LogP contribution in [0.25, 0.3) is 17.1 Å². The molecule has 0 aromatic carbocycles. The van der Waals surface area contributed by atoms with E-state index in [1.165, 1.54) is 0 Å². The van der Waals surface area contributed by atoms with Gasteiger partial charge in [-0.3, -0.25) is 0 Å². The van der Waals surface area contributed by atoms with Gasteiger partial charge in [0, 0.05) is 30.4 Å². The normalized spacial score (nSPS) is 16.8. The first-order valence-electron chi connectivity index (χ1n) is 10.8. The van der Waals surface area contributed by atoms with Crippen LogP contribution in [0.1, 0.15) is 57.7 Å². The van der Waals surface area contributed by atoms with Gasteiger partial charge in [0.05, 0.1) is 12.6 Å². The predicted octanol–water partition coefficient (Wildman–Crippen LogP) is 5.01. The maximum Gasteiger partial charge on any atom is 0.410 e. The lowest BCUT2D eigenvalue weighted by Gasteiger charge is -2.24. The van der Waals surface area contributed by atoms with Crippen LogP contribution >= 0.6 is 0 Å². The highest BCUT2D eigenvalue weighted by molar-refractivity contribution is 5.84. The molecule has 1 amide bonds. The largest absolute Gasteiger partial charge is 0.444 e. The second kappa shape index (κ2) is 10.0. The van der Waals surface area contributed by atoms with Crippen molar-refractivity contribution in [2.24, 2.45) is 0 Å². The van der Waals surface area contributed by atoms with Crippen molar-refractivity contribution < 1.29 is 14.3 Å². The topological polar surface area (TPSA) is 64.5 Å². The van der Waals surface area contributed by atoms with Crippen LogP contribution in [0.3, 0.4) is 0 Å². The molecule has 0 radical (unpaired) electrons. The molecule has 1 saturated heterocycles. The van der Waals surface area contributed by atoms with E-state index in [0.29, 0.717) is 13.1 Å². The molecule has 1 fully saturated rings. The summed E-state index contributed by atoms with van der Waals surface area (Å²) in [5.74, 6) is 0. The van der Waals surface area contributed by atoms with Gasteiger partial charge in [-0.1, -0.05) is 19.1 Å². The van der Waals surface area contributed by atoms with E-state index in [0.717, 1.165) is 61.0 Å². The minimum atomic E-state index is -0.460. The molecule has 0 N–H and O–H groups in total. The molecule has 30 heavy (non-hydrogen) atoms. The van der Waals surface area contributed by atoms with Gasteiger partial charge in [-0.2, -0.15) is 0 Å². The maximum atomic E-state index is 12.1. The molecule has 2 aromatic rings. The van der Waals surface area contributed by atoms with Crippen molar-refractivity contribution in [1.29, 1.82) is 0 Å². The van der Waals surface area contributed by atoms with Gasteiger partial charge in [-0.05, 0) is 70.2 Å². The molecule has 3 heterocycles. The van der Waals surface area contributed by atoms with E-state index in [1.807, 2.05) is 39.0 Å². The average molecular weight is 412 g/mol. The zero-order valence-electron chi connectivity index (χ0n) is 18.4. The van der Waals surface area contributed by atoms with E-state index in [9.17, 15) is 4.79 Å². The smallest absolute Gasteiger partial charge is 0.410 e. The van der Waals surface area contributed by atoms with Crippen molar-refractivity contribution in [3.05, 3.63) is 42.2 Å². The molecular formula is C24H33N3O3. The third-order valence-corrected chi connectivity index (χ3v) is 5.12. The summed E-state index contributed by atoms with van der Waals surface area (Å²) in [6.07, 6.45) is 8.44. The molecule has 3 rings (SSSR count). The van der Waals surface area contributed by atoms with E-state index >= 15 is 0 Å². The molecule has 0 aliphatic carbocycles. The second-order valence-corrected chi connectivity index (χ2v) is 8.80. The van der Waals surface area contributed by atoms with Crippen molar-refractivity contribution >= 4 is 23.2 Å². The molecule has 0 spiro atoms. The summed E-state index contributed by atoms with van der Waals surface area (Å²) in [5.41, 5.74) is 2.46. The van der Waals surface area contributed by atoms with E-state index in [1.54, 1.807) is 11.1 Å². The highest BCUT2D eigenvalue weighted by Crippen LogP contribution is 2.20. The van der Waals surface area contributed by atoms with Crippen molar-refractivity contribution in [2.75, 3.05) is 19.7 Å². The first-order chi connectivity index (χ1) is 14.4. The maximum absolute atomic E-state index is 12.1. The average Bonchev–Trinajstić information content (AvgIpc) is 3.18. The SMILES string of the molecule is C=Cc1cc(CCCCCO[C@@H]2CCN(C(=O)OC(C)(C)C)C2)nc2ncccc12. The fourth-order valence-electron chi connectivity index (χ4n) is 3.63. The molecule has 0 unspecified atom stereocenters. The molecule has 2 aromatic heterocycles. The van der Waals surface area contributed by atoms with Crippen LogP contribution in [0.2, 0.25) is 0 Å². The number of fused-ring (bicyclic) bond motifs is 1. The number of carbonyl (C=O) groups is 1. The third kappa shape index (κ3) is 6.26. The quantitative estimate of drug-likeness (QED) is 0.571. The number of amides is 1. The molecule has 0 bridgehead atoms. The summed E-state index contributed by atoms with van der Waals surface area (Å²) in [4.78, 5) is 22.9. The molecule has 1 aliphatic heterocycles. The number of nitrogens with zero attached hydrogens (tertiary/aromatic N) is 3. The first kappa shape index (κ1) is 22.2. The number of rotatable bonds is 8. The Kier molecular flexibility index (Phi) is 7.43. The van der Waals surface area contributed by atoms with Crippen LogP contribution in [0, 0.1) is 0 Å². The number of aromatic nitrogens is 2. The number of ether oxygens (including phenoxy) is 2. The van der Waals surface area contributed by atoms with Gasteiger partial charge >= 0.3 is 6.09 Å². The zero-order valence-corrected chi connectivity index (χ0v) is 18.4. The number of pyridine rings is 2. The monoisotopic (exact) mass is 411 g/mol. The van der Waals surface area contributed by atoms with Crippen LogP contribution in [-0.2, 0) is 15.9 Å². The fraction of sp³-hybridized carbons (Fsp3) is 0.542. The summed E-state index contributed by atoms with van der Waals surface area (Å²) >= 11 is 0. The predicted molar refractivity (Wildman–Crippen MR) is 119 cm³/mol.